The second-order valence-electron chi connectivity index (χ2n) is 7.64. The van der Waals surface area contributed by atoms with Crippen molar-refractivity contribution in [3.05, 3.63) is 41.7 Å². The molecular formula is C20H28ClN7O2. The van der Waals surface area contributed by atoms with Crippen LogP contribution in [-0.2, 0) is 0 Å². The van der Waals surface area contributed by atoms with Crippen LogP contribution in [0, 0.1) is 6.92 Å². The van der Waals surface area contributed by atoms with E-state index in [0.717, 1.165) is 37.2 Å². The molecule has 0 atom stereocenters. The summed E-state index contributed by atoms with van der Waals surface area (Å²) in [5.41, 5.74) is 2.25. The van der Waals surface area contributed by atoms with E-state index < -0.39 is 0 Å². The number of carbonyl (C=O) groups excluding carboxylic acids is 2. The van der Waals surface area contributed by atoms with Gasteiger partial charge in [-0.1, -0.05) is 17.3 Å². The van der Waals surface area contributed by atoms with Gasteiger partial charge < -0.3 is 20.4 Å². The van der Waals surface area contributed by atoms with Crippen molar-refractivity contribution in [2.75, 3.05) is 44.6 Å². The molecular weight excluding hydrogens is 406 g/mol. The van der Waals surface area contributed by atoms with E-state index in [-0.39, 0.29) is 24.3 Å². The highest BCUT2D eigenvalue weighted by Gasteiger charge is 2.27. The lowest BCUT2D eigenvalue weighted by Crippen LogP contribution is -2.51. The maximum Gasteiger partial charge on any atom is 0.321 e. The van der Waals surface area contributed by atoms with Gasteiger partial charge in [-0.15, -0.1) is 17.5 Å². The number of benzene rings is 1. The van der Waals surface area contributed by atoms with E-state index in [1.165, 1.54) is 0 Å². The molecule has 0 unspecified atom stereocenters. The van der Waals surface area contributed by atoms with E-state index in [1.54, 1.807) is 16.0 Å². The number of anilines is 1. The summed E-state index contributed by atoms with van der Waals surface area (Å²) >= 11 is 0. The molecule has 2 aliphatic heterocycles. The van der Waals surface area contributed by atoms with Crippen LogP contribution < -0.4 is 10.6 Å². The average Bonchev–Trinajstić information content (AvgIpc) is 3.24. The second-order valence-corrected chi connectivity index (χ2v) is 7.64. The third-order valence-corrected chi connectivity index (χ3v) is 5.54. The summed E-state index contributed by atoms with van der Waals surface area (Å²) in [6.07, 6.45) is 3.74. The number of piperidine rings is 1. The summed E-state index contributed by atoms with van der Waals surface area (Å²) in [5, 5.41) is 14.5. The molecule has 0 aliphatic carbocycles. The Morgan fingerprint density at radius 3 is 2.50 bits per heavy atom. The smallest absolute Gasteiger partial charge is 0.321 e. The fourth-order valence-electron chi connectivity index (χ4n) is 3.82. The molecule has 0 saturated carbocycles. The molecule has 30 heavy (non-hydrogen) atoms. The quantitative estimate of drug-likeness (QED) is 0.771. The average molecular weight is 434 g/mol. The summed E-state index contributed by atoms with van der Waals surface area (Å²) in [7, 11) is 0. The molecule has 0 radical (unpaired) electrons. The van der Waals surface area contributed by atoms with Gasteiger partial charge in [-0.3, -0.25) is 4.79 Å². The lowest BCUT2D eigenvalue weighted by molar-refractivity contribution is 0.0665. The topological polar surface area (TPSA) is 95.4 Å². The number of aryl methyl sites for hydroxylation is 1. The summed E-state index contributed by atoms with van der Waals surface area (Å²) in [5.74, 6) is -0.121. The predicted octanol–water partition coefficient (Wildman–Crippen LogP) is 1.92. The number of hydrogen-bond donors (Lipinski definition) is 2. The fourth-order valence-corrected chi connectivity index (χ4v) is 3.82. The number of nitrogens with one attached hydrogen (secondary N) is 2. The minimum absolute atomic E-state index is 0. The molecule has 0 bridgehead atoms. The van der Waals surface area contributed by atoms with Crippen molar-refractivity contribution >= 4 is 30.0 Å². The zero-order chi connectivity index (χ0) is 20.2. The Labute approximate surface area is 182 Å². The van der Waals surface area contributed by atoms with Crippen LogP contribution in [-0.4, -0.2) is 76.0 Å². The van der Waals surface area contributed by atoms with Gasteiger partial charge in [-0.05, 0) is 50.6 Å². The van der Waals surface area contributed by atoms with Crippen molar-refractivity contribution in [3.63, 3.8) is 0 Å². The highest BCUT2D eigenvalue weighted by molar-refractivity contribution is 5.92. The van der Waals surface area contributed by atoms with Gasteiger partial charge in [-0.25, -0.2) is 9.48 Å². The number of aromatic nitrogens is 3. The van der Waals surface area contributed by atoms with E-state index in [1.807, 2.05) is 35.9 Å². The fraction of sp³-hybridized carbons (Fsp3) is 0.500. The summed E-state index contributed by atoms with van der Waals surface area (Å²) in [6, 6.07) is 7.87. The summed E-state index contributed by atoms with van der Waals surface area (Å²) < 4.78 is 1.82. The maximum atomic E-state index is 12.8. The second kappa shape index (κ2) is 9.90. The Bertz CT molecular complexity index is 874. The molecule has 3 heterocycles. The molecule has 1 aromatic carbocycles. The lowest BCUT2D eigenvalue weighted by Gasteiger charge is -2.34. The van der Waals surface area contributed by atoms with Gasteiger partial charge in [0.1, 0.15) is 0 Å². The lowest BCUT2D eigenvalue weighted by atomic mass is 10.1. The molecule has 2 fully saturated rings. The number of hydrogen-bond acceptors (Lipinski definition) is 5. The molecule has 2 aliphatic rings. The van der Waals surface area contributed by atoms with Crippen LogP contribution in [0.1, 0.15) is 34.9 Å². The van der Waals surface area contributed by atoms with Crippen LogP contribution in [0.4, 0.5) is 10.5 Å². The van der Waals surface area contributed by atoms with Crippen molar-refractivity contribution < 1.29 is 9.59 Å². The van der Waals surface area contributed by atoms with E-state index in [2.05, 4.69) is 20.9 Å². The molecule has 2 saturated heterocycles. The van der Waals surface area contributed by atoms with Gasteiger partial charge in [0.2, 0.25) is 0 Å². The van der Waals surface area contributed by atoms with Crippen molar-refractivity contribution in [2.24, 2.45) is 0 Å². The van der Waals surface area contributed by atoms with Gasteiger partial charge in [-0.2, -0.15) is 0 Å². The largest absolute Gasteiger partial charge is 0.334 e. The first kappa shape index (κ1) is 22.0. The van der Waals surface area contributed by atoms with Crippen molar-refractivity contribution in [3.8, 4) is 0 Å². The van der Waals surface area contributed by atoms with Crippen LogP contribution in [0.3, 0.4) is 0 Å². The van der Waals surface area contributed by atoms with E-state index in [9.17, 15) is 9.59 Å². The molecule has 0 spiro atoms. The Balaban J connectivity index is 0.00000256. The maximum absolute atomic E-state index is 12.8. The number of carbonyl (C=O) groups is 2. The SMILES string of the molecule is Cc1cccc(NC(=O)N2CCN(C(=O)c3cn(C4CCNCC4)nn3)CC2)c1.Cl. The molecule has 2 aromatic rings. The zero-order valence-corrected chi connectivity index (χ0v) is 17.9. The minimum atomic E-state index is -0.139. The third kappa shape index (κ3) is 5.09. The number of halogens is 1. The monoisotopic (exact) mass is 433 g/mol. The van der Waals surface area contributed by atoms with E-state index >= 15 is 0 Å². The Kier molecular flexibility index (Phi) is 7.28. The van der Waals surface area contributed by atoms with Gasteiger partial charge >= 0.3 is 6.03 Å². The van der Waals surface area contributed by atoms with E-state index in [4.69, 9.17) is 0 Å². The highest BCUT2D eigenvalue weighted by Crippen LogP contribution is 2.18. The van der Waals surface area contributed by atoms with Gasteiger partial charge in [0.15, 0.2) is 5.69 Å². The molecule has 162 valence electrons. The molecule has 10 heteroatoms. The summed E-state index contributed by atoms with van der Waals surface area (Å²) in [6.45, 7) is 5.86. The Morgan fingerprint density at radius 2 is 1.80 bits per heavy atom. The number of piperazine rings is 1. The van der Waals surface area contributed by atoms with Crippen LogP contribution in [0.15, 0.2) is 30.5 Å². The Morgan fingerprint density at radius 1 is 1.10 bits per heavy atom. The first-order chi connectivity index (χ1) is 14.1. The molecule has 1 aromatic heterocycles. The number of nitrogens with zero attached hydrogens (tertiary/aromatic N) is 5. The van der Waals surface area contributed by atoms with Crippen LogP contribution in [0.25, 0.3) is 0 Å². The molecule has 9 nitrogen and oxygen atoms in total. The predicted molar refractivity (Wildman–Crippen MR) is 116 cm³/mol. The number of amides is 3. The van der Waals surface area contributed by atoms with Crippen molar-refractivity contribution in [2.45, 2.75) is 25.8 Å². The standard InChI is InChI=1S/C20H27N7O2.ClH/c1-15-3-2-4-16(13-15)22-20(29)26-11-9-25(10-12-26)19(28)18-14-27(24-23-18)17-5-7-21-8-6-17;/h2-4,13-14,17,21H,5-12H2,1H3,(H,22,29);1H. The van der Waals surface area contributed by atoms with E-state index in [0.29, 0.717) is 37.9 Å². The zero-order valence-electron chi connectivity index (χ0n) is 17.1. The van der Waals surface area contributed by atoms with Crippen LogP contribution >= 0.6 is 12.4 Å². The van der Waals surface area contributed by atoms with Crippen molar-refractivity contribution in [1.82, 2.24) is 30.1 Å². The molecule has 3 amide bonds. The Hall–Kier alpha value is -2.65. The minimum Gasteiger partial charge on any atom is -0.334 e. The normalized spacial score (nSPS) is 17.4. The van der Waals surface area contributed by atoms with Crippen LogP contribution in [0.5, 0.6) is 0 Å². The van der Waals surface area contributed by atoms with Gasteiger partial charge in [0.05, 0.1) is 12.2 Å². The van der Waals surface area contributed by atoms with Crippen molar-refractivity contribution in [1.29, 1.82) is 0 Å². The highest BCUT2D eigenvalue weighted by atomic mass is 35.5. The van der Waals surface area contributed by atoms with Gasteiger partial charge in [0.25, 0.3) is 5.91 Å². The third-order valence-electron chi connectivity index (χ3n) is 5.54. The first-order valence-corrected chi connectivity index (χ1v) is 10.1. The molecule has 4 rings (SSSR count). The number of urea groups is 1. The summed E-state index contributed by atoms with van der Waals surface area (Å²) in [4.78, 5) is 28.7. The number of rotatable bonds is 3. The molecule has 2 N–H and O–H groups in total. The van der Waals surface area contributed by atoms with Crippen LogP contribution in [0.2, 0.25) is 0 Å². The van der Waals surface area contributed by atoms with Gasteiger partial charge in [0, 0.05) is 31.9 Å². The first-order valence-electron chi connectivity index (χ1n) is 10.1.